The fourth-order valence-corrected chi connectivity index (χ4v) is 1.99. The van der Waals surface area contributed by atoms with Crippen molar-refractivity contribution in [2.24, 2.45) is 0 Å². The van der Waals surface area contributed by atoms with E-state index in [4.69, 9.17) is 28.3 Å². The predicted octanol–water partition coefficient (Wildman–Crippen LogP) is 2.90. The molecule has 0 aliphatic carbocycles. The summed E-state index contributed by atoms with van der Waals surface area (Å²) in [6, 6.07) is 5.52. The van der Waals surface area contributed by atoms with Crippen LogP contribution in [0.15, 0.2) is 18.2 Å². The van der Waals surface area contributed by atoms with Crippen molar-refractivity contribution in [1.29, 1.82) is 0 Å². The van der Waals surface area contributed by atoms with Gasteiger partial charge in [0, 0.05) is 28.7 Å². The van der Waals surface area contributed by atoms with E-state index in [0.29, 0.717) is 23.1 Å². The second-order valence-corrected chi connectivity index (χ2v) is 4.52. The minimum absolute atomic E-state index is 0. The van der Waals surface area contributed by atoms with Crippen LogP contribution in [0.4, 0.5) is 0 Å². The quantitative estimate of drug-likeness (QED) is 0.632. The van der Waals surface area contributed by atoms with E-state index in [9.17, 15) is 0 Å². The summed E-state index contributed by atoms with van der Waals surface area (Å²) in [5.74, 6) is 0. The maximum atomic E-state index is 8.57. The lowest BCUT2D eigenvalue weighted by Gasteiger charge is -2.08. The summed E-state index contributed by atoms with van der Waals surface area (Å²) in [7, 11) is 0. The van der Waals surface area contributed by atoms with Crippen molar-refractivity contribution in [1.82, 2.24) is 10.6 Å². The smallest absolute Gasteiger partial charge is 0.0555 e. The highest BCUT2D eigenvalue weighted by atomic mass is 35.5. The van der Waals surface area contributed by atoms with Crippen LogP contribution in [0.1, 0.15) is 12.0 Å². The van der Waals surface area contributed by atoms with Gasteiger partial charge in [0.15, 0.2) is 0 Å². The van der Waals surface area contributed by atoms with E-state index in [1.807, 2.05) is 18.2 Å². The number of halogens is 4. The van der Waals surface area contributed by atoms with Crippen LogP contribution in [-0.2, 0) is 6.54 Å². The normalized spacial score (nSPS) is 9.63. The molecule has 19 heavy (non-hydrogen) atoms. The van der Waals surface area contributed by atoms with E-state index in [2.05, 4.69) is 10.6 Å². The Morgan fingerprint density at radius 2 is 1.53 bits per heavy atom. The summed E-state index contributed by atoms with van der Waals surface area (Å²) in [5.41, 5.74) is 0.944. The highest BCUT2D eigenvalue weighted by Crippen LogP contribution is 2.23. The van der Waals surface area contributed by atoms with E-state index in [-0.39, 0.29) is 31.4 Å². The van der Waals surface area contributed by atoms with Crippen molar-refractivity contribution in [3.63, 3.8) is 0 Å². The van der Waals surface area contributed by atoms with E-state index in [1.54, 1.807) is 0 Å². The highest BCUT2D eigenvalue weighted by molar-refractivity contribution is 6.35. The lowest BCUT2D eigenvalue weighted by atomic mass is 10.2. The zero-order valence-electron chi connectivity index (χ0n) is 10.5. The zero-order valence-corrected chi connectivity index (χ0v) is 13.6. The van der Waals surface area contributed by atoms with Gasteiger partial charge in [0.25, 0.3) is 0 Å². The maximum Gasteiger partial charge on any atom is 0.0555 e. The van der Waals surface area contributed by atoms with Crippen LogP contribution >= 0.6 is 48.0 Å². The standard InChI is InChI=1S/C12H18Cl2N2O.2ClH/c13-11-3-1-4-12(14)10(11)9-16-6-2-5-15-7-8-17;;/h1,3-4,15-17H,2,5-9H2;2*1H. The van der Waals surface area contributed by atoms with Crippen LogP contribution < -0.4 is 10.6 Å². The number of nitrogens with one attached hydrogen (secondary N) is 2. The van der Waals surface area contributed by atoms with Gasteiger partial charge in [-0.15, -0.1) is 24.8 Å². The summed E-state index contributed by atoms with van der Waals surface area (Å²) >= 11 is 12.1. The van der Waals surface area contributed by atoms with Crippen LogP contribution in [0, 0.1) is 0 Å². The summed E-state index contributed by atoms with van der Waals surface area (Å²) < 4.78 is 0. The number of benzene rings is 1. The van der Waals surface area contributed by atoms with Crippen molar-refractivity contribution >= 4 is 48.0 Å². The Kier molecular flexibility index (Phi) is 15.0. The number of hydrogen-bond donors (Lipinski definition) is 3. The van der Waals surface area contributed by atoms with Gasteiger partial charge in [-0.05, 0) is 31.6 Å². The van der Waals surface area contributed by atoms with Crippen LogP contribution in [-0.4, -0.2) is 31.3 Å². The Labute approximate surface area is 136 Å². The van der Waals surface area contributed by atoms with Gasteiger partial charge < -0.3 is 15.7 Å². The Morgan fingerprint density at radius 3 is 2.11 bits per heavy atom. The molecule has 0 atom stereocenters. The third-order valence-corrected chi connectivity index (χ3v) is 3.07. The molecule has 0 fully saturated rings. The number of hydrogen-bond acceptors (Lipinski definition) is 3. The molecule has 0 amide bonds. The lowest BCUT2D eigenvalue weighted by Crippen LogP contribution is -2.24. The minimum atomic E-state index is 0. The maximum absolute atomic E-state index is 8.57. The summed E-state index contributed by atoms with van der Waals surface area (Å²) in [6.45, 7) is 3.29. The average Bonchev–Trinajstić information content (AvgIpc) is 2.31. The summed E-state index contributed by atoms with van der Waals surface area (Å²) in [6.07, 6.45) is 1.00. The molecule has 1 aromatic rings. The van der Waals surface area contributed by atoms with E-state index in [1.165, 1.54) is 0 Å². The minimum Gasteiger partial charge on any atom is -0.395 e. The largest absolute Gasteiger partial charge is 0.395 e. The van der Waals surface area contributed by atoms with Crippen molar-refractivity contribution < 1.29 is 5.11 Å². The molecule has 0 saturated heterocycles. The van der Waals surface area contributed by atoms with Gasteiger partial charge in [0.1, 0.15) is 0 Å². The van der Waals surface area contributed by atoms with Gasteiger partial charge >= 0.3 is 0 Å². The van der Waals surface area contributed by atoms with Crippen molar-refractivity contribution in [3.8, 4) is 0 Å². The van der Waals surface area contributed by atoms with Gasteiger partial charge in [-0.25, -0.2) is 0 Å². The molecule has 0 heterocycles. The fourth-order valence-electron chi connectivity index (χ4n) is 1.46. The Hall–Kier alpha value is 0.260. The summed E-state index contributed by atoms with van der Waals surface area (Å²) in [5, 5.41) is 16.4. The van der Waals surface area contributed by atoms with Gasteiger partial charge in [-0.1, -0.05) is 29.3 Å². The van der Waals surface area contributed by atoms with Gasteiger partial charge in [0.05, 0.1) is 6.61 Å². The van der Waals surface area contributed by atoms with Gasteiger partial charge in [0.2, 0.25) is 0 Å². The zero-order chi connectivity index (χ0) is 12.5. The van der Waals surface area contributed by atoms with Crippen LogP contribution in [0.25, 0.3) is 0 Å². The molecular formula is C12H20Cl4N2O. The molecule has 0 aliphatic heterocycles. The topological polar surface area (TPSA) is 44.3 Å². The second-order valence-electron chi connectivity index (χ2n) is 3.70. The fraction of sp³-hybridized carbons (Fsp3) is 0.500. The van der Waals surface area contributed by atoms with Crippen LogP contribution in [0.2, 0.25) is 10.0 Å². The average molecular weight is 350 g/mol. The molecule has 3 nitrogen and oxygen atoms in total. The van der Waals surface area contributed by atoms with E-state index < -0.39 is 0 Å². The molecule has 1 aromatic carbocycles. The molecule has 0 radical (unpaired) electrons. The first-order valence-corrected chi connectivity index (χ1v) is 6.46. The SMILES string of the molecule is Cl.Cl.OCCNCCCNCc1c(Cl)cccc1Cl. The van der Waals surface area contributed by atoms with Crippen molar-refractivity contribution in [2.45, 2.75) is 13.0 Å². The third-order valence-electron chi connectivity index (χ3n) is 2.36. The molecular weight excluding hydrogens is 330 g/mol. The van der Waals surface area contributed by atoms with Crippen molar-refractivity contribution in [3.05, 3.63) is 33.8 Å². The highest BCUT2D eigenvalue weighted by Gasteiger charge is 2.03. The monoisotopic (exact) mass is 348 g/mol. The first-order chi connectivity index (χ1) is 8.25. The van der Waals surface area contributed by atoms with Gasteiger partial charge in [-0.2, -0.15) is 0 Å². The number of rotatable bonds is 8. The number of aliphatic hydroxyl groups is 1. The molecule has 3 N–H and O–H groups in total. The van der Waals surface area contributed by atoms with E-state index in [0.717, 1.165) is 25.1 Å². The molecule has 7 heteroatoms. The molecule has 0 spiro atoms. The predicted molar refractivity (Wildman–Crippen MR) is 87.2 cm³/mol. The van der Waals surface area contributed by atoms with E-state index >= 15 is 0 Å². The summed E-state index contributed by atoms with van der Waals surface area (Å²) in [4.78, 5) is 0. The molecule has 112 valence electrons. The van der Waals surface area contributed by atoms with Gasteiger partial charge in [-0.3, -0.25) is 0 Å². The molecule has 0 saturated carbocycles. The molecule has 0 bridgehead atoms. The Balaban J connectivity index is 0. The lowest BCUT2D eigenvalue weighted by molar-refractivity contribution is 0.292. The Bertz CT molecular complexity index is 319. The molecule has 0 unspecified atom stereocenters. The van der Waals surface area contributed by atoms with Crippen molar-refractivity contribution in [2.75, 3.05) is 26.2 Å². The van der Waals surface area contributed by atoms with Crippen LogP contribution in [0.5, 0.6) is 0 Å². The second kappa shape index (κ2) is 13.3. The first-order valence-electron chi connectivity index (χ1n) is 5.71. The first kappa shape index (κ1) is 21.6. The number of aliphatic hydroxyl groups excluding tert-OH is 1. The molecule has 0 aromatic heterocycles. The molecule has 1 rings (SSSR count). The third kappa shape index (κ3) is 8.92. The van der Waals surface area contributed by atoms with Crippen LogP contribution in [0.3, 0.4) is 0 Å². The molecule has 0 aliphatic rings. The Morgan fingerprint density at radius 1 is 0.947 bits per heavy atom.